The lowest BCUT2D eigenvalue weighted by molar-refractivity contribution is -0.137. The number of aliphatic carboxylic acids is 1. The molecule has 7 heteroatoms. The standard InChI is InChI=1S/C27H52N2O5/c28-23(26-27(33)34-26)19-17-18-22-29-24(30)20-15-13-11-9-7-5-3-1-2-4-6-8-10-12-14-16-21-25(31)32/h23,26-27,33H,1-22,28H2,(H,29,30)(H,31,32)/t23-,26?,27?/m0/s1. The molecule has 0 aromatic rings. The van der Waals surface area contributed by atoms with E-state index in [-0.39, 0.29) is 18.1 Å². The summed E-state index contributed by atoms with van der Waals surface area (Å²) in [5.41, 5.74) is 5.91. The summed E-state index contributed by atoms with van der Waals surface area (Å²) in [5.74, 6) is -0.517. The Balaban J connectivity index is 1.69. The maximum absolute atomic E-state index is 11.9. The number of carbonyl (C=O) groups excluding carboxylic acids is 1. The van der Waals surface area contributed by atoms with Crippen molar-refractivity contribution in [2.45, 2.75) is 153 Å². The molecule has 1 rings (SSSR count). The Hall–Kier alpha value is -1.18. The minimum atomic E-state index is -0.673. The molecule has 5 N–H and O–H groups in total. The lowest BCUT2D eigenvalue weighted by Crippen LogP contribution is -2.28. The number of nitrogens with one attached hydrogen (secondary N) is 1. The summed E-state index contributed by atoms with van der Waals surface area (Å²) in [6.45, 7) is 0.703. The first kappa shape index (κ1) is 30.9. The fourth-order valence-electron chi connectivity index (χ4n) is 4.45. The van der Waals surface area contributed by atoms with E-state index in [9.17, 15) is 9.59 Å². The van der Waals surface area contributed by atoms with Crippen molar-refractivity contribution in [1.29, 1.82) is 0 Å². The van der Waals surface area contributed by atoms with Crippen LogP contribution in [0.4, 0.5) is 0 Å². The molecule has 0 aliphatic carbocycles. The fourth-order valence-corrected chi connectivity index (χ4v) is 4.45. The summed E-state index contributed by atoms with van der Waals surface area (Å²) in [5, 5.41) is 20.7. The fraction of sp³-hybridized carbons (Fsp3) is 0.926. The molecule has 1 heterocycles. The highest BCUT2D eigenvalue weighted by atomic mass is 16.7. The number of rotatable bonds is 25. The number of unbranched alkanes of at least 4 members (excludes halogenated alkanes) is 16. The van der Waals surface area contributed by atoms with Crippen molar-refractivity contribution in [1.82, 2.24) is 5.32 Å². The van der Waals surface area contributed by atoms with Crippen LogP contribution in [0.25, 0.3) is 0 Å². The quantitative estimate of drug-likeness (QED) is 0.101. The Morgan fingerprint density at radius 3 is 1.53 bits per heavy atom. The van der Waals surface area contributed by atoms with Crippen LogP contribution in [0.3, 0.4) is 0 Å². The van der Waals surface area contributed by atoms with Crippen molar-refractivity contribution in [3.63, 3.8) is 0 Å². The number of nitrogens with two attached hydrogens (primary N) is 1. The summed E-state index contributed by atoms with van der Waals surface area (Å²) in [4.78, 5) is 22.3. The van der Waals surface area contributed by atoms with E-state index in [0.29, 0.717) is 19.4 Å². The van der Waals surface area contributed by atoms with Crippen LogP contribution in [-0.4, -0.2) is 47.1 Å². The third-order valence-electron chi connectivity index (χ3n) is 6.75. The molecule has 0 aromatic heterocycles. The Bertz CT molecular complexity index is 517. The molecule has 0 saturated carbocycles. The van der Waals surface area contributed by atoms with Crippen LogP contribution in [0.15, 0.2) is 0 Å². The first-order valence-corrected chi connectivity index (χ1v) is 14.1. The summed E-state index contributed by atoms with van der Waals surface area (Å²) < 4.78 is 4.95. The Morgan fingerprint density at radius 2 is 1.12 bits per heavy atom. The van der Waals surface area contributed by atoms with Crippen LogP contribution in [0, 0.1) is 0 Å². The van der Waals surface area contributed by atoms with Crippen LogP contribution in [0.5, 0.6) is 0 Å². The van der Waals surface area contributed by atoms with Crippen LogP contribution in [-0.2, 0) is 14.3 Å². The van der Waals surface area contributed by atoms with Gasteiger partial charge in [-0.2, -0.15) is 0 Å². The minimum absolute atomic E-state index is 0.101. The molecule has 1 aliphatic heterocycles. The second-order valence-electron chi connectivity index (χ2n) is 10.1. The van der Waals surface area contributed by atoms with Crippen LogP contribution in [0.2, 0.25) is 0 Å². The van der Waals surface area contributed by atoms with E-state index >= 15 is 0 Å². The van der Waals surface area contributed by atoms with E-state index in [0.717, 1.165) is 44.9 Å². The molecule has 1 aliphatic rings. The third-order valence-corrected chi connectivity index (χ3v) is 6.75. The van der Waals surface area contributed by atoms with Crippen molar-refractivity contribution in [2.24, 2.45) is 5.73 Å². The van der Waals surface area contributed by atoms with Gasteiger partial charge >= 0.3 is 5.97 Å². The molecule has 1 saturated heterocycles. The van der Waals surface area contributed by atoms with Gasteiger partial charge in [0, 0.05) is 25.4 Å². The van der Waals surface area contributed by atoms with E-state index in [1.54, 1.807) is 0 Å². The lowest BCUT2D eigenvalue weighted by atomic mass is 10.0. The average Bonchev–Trinajstić information content (AvgIpc) is 3.54. The Kier molecular flexibility index (Phi) is 19.2. The van der Waals surface area contributed by atoms with Crippen molar-refractivity contribution >= 4 is 11.9 Å². The van der Waals surface area contributed by atoms with Crippen LogP contribution < -0.4 is 11.1 Å². The van der Waals surface area contributed by atoms with E-state index in [4.69, 9.17) is 20.7 Å². The number of hydrogen-bond acceptors (Lipinski definition) is 5. The second-order valence-corrected chi connectivity index (χ2v) is 10.1. The highest BCUT2D eigenvalue weighted by molar-refractivity contribution is 5.75. The molecule has 7 nitrogen and oxygen atoms in total. The predicted molar refractivity (Wildman–Crippen MR) is 136 cm³/mol. The van der Waals surface area contributed by atoms with Gasteiger partial charge in [-0.15, -0.1) is 0 Å². The van der Waals surface area contributed by atoms with Gasteiger partial charge in [-0.1, -0.05) is 96.3 Å². The van der Waals surface area contributed by atoms with Gasteiger partial charge in [0.15, 0.2) is 6.29 Å². The van der Waals surface area contributed by atoms with E-state index in [1.165, 1.54) is 77.0 Å². The molecule has 1 amide bonds. The zero-order chi connectivity index (χ0) is 24.9. The van der Waals surface area contributed by atoms with Gasteiger partial charge in [-0.25, -0.2) is 0 Å². The topological polar surface area (TPSA) is 125 Å². The second kappa shape index (κ2) is 21.1. The average molecular weight is 485 g/mol. The number of epoxide rings is 1. The van der Waals surface area contributed by atoms with Gasteiger partial charge in [0.1, 0.15) is 6.10 Å². The SMILES string of the molecule is N[C@@H](CCCCNC(=O)CCCCCCCCCCCCCCCCCCC(=O)O)C1OC1O. The third kappa shape index (κ3) is 19.2. The predicted octanol–water partition coefficient (Wildman–Crippen LogP) is 5.42. The number of carbonyl (C=O) groups is 2. The van der Waals surface area contributed by atoms with Gasteiger partial charge in [-0.05, 0) is 25.7 Å². The van der Waals surface area contributed by atoms with Crippen molar-refractivity contribution < 1.29 is 24.5 Å². The van der Waals surface area contributed by atoms with Gasteiger partial charge in [0.2, 0.25) is 5.91 Å². The van der Waals surface area contributed by atoms with Crippen molar-refractivity contribution in [3.05, 3.63) is 0 Å². The monoisotopic (exact) mass is 484 g/mol. The van der Waals surface area contributed by atoms with Gasteiger partial charge in [0.25, 0.3) is 0 Å². The molecule has 0 aromatic carbocycles. The number of carboxylic acid groups (broad SMARTS) is 1. The number of aliphatic hydroxyl groups is 1. The largest absolute Gasteiger partial charge is 0.481 e. The van der Waals surface area contributed by atoms with Crippen LogP contribution in [0.1, 0.15) is 135 Å². The molecule has 200 valence electrons. The summed E-state index contributed by atoms with van der Waals surface area (Å²) in [6, 6.07) is -0.101. The highest BCUT2D eigenvalue weighted by Gasteiger charge is 2.41. The number of hydrogen-bond donors (Lipinski definition) is 4. The number of amides is 1. The van der Waals surface area contributed by atoms with Gasteiger partial charge < -0.3 is 26.0 Å². The molecule has 0 bridgehead atoms. The molecule has 0 spiro atoms. The van der Waals surface area contributed by atoms with E-state index < -0.39 is 12.3 Å². The maximum Gasteiger partial charge on any atom is 0.303 e. The molecule has 0 radical (unpaired) electrons. The number of ether oxygens (including phenoxy) is 1. The molecular weight excluding hydrogens is 432 g/mol. The lowest BCUT2D eigenvalue weighted by Gasteiger charge is -2.08. The Morgan fingerprint density at radius 1 is 0.706 bits per heavy atom. The summed E-state index contributed by atoms with van der Waals surface area (Å²) in [6.07, 6.45) is 22.3. The minimum Gasteiger partial charge on any atom is -0.481 e. The highest BCUT2D eigenvalue weighted by Crippen LogP contribution is 2.23. The smallest absolute Gasteiger partial charge is 0.303 e. The summed E-state index contributed by atoms with van der Waals surface area (Å²) in [7, 11) is 0. The number of aliphatic hydroxyl groups excluding tert-OH is 1. The molecule has 1 fully saturated rings. The molecule has 34 heavy (non-hydrogen) atoms. The zero-order valence-corrected chi connectivity index (χ0v) is 21.5. The maximum atomic E-state index is 11.9. The first-order valence-electron chi connectivity index (χ1n) is 14.1. The zero-order valence-electron chi connectivity index (χ0n) is 21.5. The van der Waals surface area contributed by atoms with Crippen LogP contribution >= 0.6 is 0 Å². The summed E-state index contributed by atoms with van der Waals surface area (Å²) >= 11 is 0. The normalized spacial score (nSPS) is 18.1. The van der Waals surface area contributed by atoms with Crippen molar-refractivity contribution in [2.75, 3.05) is 6.54 Å². The Labute approximate surface area is 207 Å². The first-order chi connectivity index (χ1) is 16.5. The van der Waals surface area contributed by atoms with Crippen molar-refractivity contribution in [3.8, 4) is 0 Å². The number of carboxylic acids is 1. The van der Waals surface area contributed by atoms with Gasteiger partial charge in [-0.3, -0.25) is 9.59 Å². The van der Waals surface area contributed by atoms with E-state index in [1.807, 2.05) is 0 Å². The molecule has 3 atom stereocenters. The van der Waals surface area contributed by atoms with E-state index in [2.05, 4.69) is 5.32 Å². The van der Waals surface area contributed by atoms with Gasteiger partial charge in [0.05, 0.1) is 0 Å². The molecular formula is C27H52N2O5. The molecule has 2 unspecified atom stereocenters.